The molecule has 0 radical (unpaired) electrons. The Balaban J connectivity index is 2.53. The lowest BCUT2D eigenvalue weighted by molar-refractivity contribution is 0.481. The standard InChI is InChI=1S/C14H20ClN3S/c1-8-7-11(10(3)19-8)9(2)18-12(14(4,5)6)16-17-13(18)15/h7,9H,1-6H3. The molecule has 5 heteroatoms. The van der Waals surface area contributed by atoms with E-state index >= 15 is 0 Å². The van der Waals surface area contributed by atoms with E-state index < -0.39 is 0 Å². The third-order valence-electron chi connectivity index (χ3n) is 3.24. The minimum absolute atomic E-state index is 0.0760. The van der Waals surface area contributed by atoms with Gasteiger partial charge in [-0.3, -0.25) is 4.57 Å². The summed E-state index contributed by atoms with van der Waals surface area (Å²) < 4.78 is 2.04. The molecule has 0 aliphatic heterocycles. The Morgan fingerprint density at radius 2 is 1.89 bits per heavy atom. The van der Waals surface area contributed by atoms with Crippen LogP contribution in [0.2, 0.25) is 5.28 Å². The topological polar surface area (TPSA) is 30.7 Å². The first-order chi connectivity index (χ1) is 8.71. The second kappa shape index (κ2) is 4.91. The summed E-state index contributed by atoms with van der Waals surface area (Å²) in [7, 11) is 0. The lowest BCUT2D eigenvalue weighted by Crippen LogP contribution is -2.21. The van der Waals surface area contributed by atoms with Gasteiger partial charge in [-0.25, -0.2) is 0 Å². The van der Waals surface area contributed by atoms with Crippen molar-refractivity contribution in [3.63, 3.8) is 0 Å². The molecule has 2 heterocycles. The lowest BCUT2D eigenvalue weighted by atomic mass is 9.95. The van der Waals surface area contributed by atoms with Crippen LogP contribution in [0.1, 0.15) is 54.9 Å². The molecule has 0 amide bonds. The quantitative estimate of drug-likeness (QED) is 0.816. The molecule has 0 N–H and O–H groups in total. The largest absolute Gasteiger partial charge is 0.294 e. The van der Waals surface area contributed by atoms with Gasteiger partial charge in [-0.2, -0.15) is 0 Å². The highest BCUT2D eigenvalue weighted by atomic mass is 35.5. The minimum Gasteiger partial charge on any atom is -0.294 e. The Kier molecular flexibility index (Phi) is 3.76. The molecular formula is C14H20ClN3S. The fourth-order valence-electron chi connectivity index (χ4n) is 2.33. The van der Waals surface area contributed by atoms with Gasteiger partial charge in [0.2, 0.25) is 5.28 Å². The fraction of sp³-hybridized carbons (Fsp3) is 0.571. The van der Waals surface area contributed by atoms with Gasteiger partial charge in [0.25, 0.3) is 0 Å². The number of hydrogen-bond donors (Lipinski definition) is 0. The Labute approximate surface area is 123 Å². The molecule has 3 nitrogen and oxygen atoms in total. The summed E-state index contributed by atoms with van der Waals surface area (Å²) in [6, 6.07) is 2.38. The van der Waals surface area contributed by atoms with Gasteiger partial charge in [-0.15, -0.1) is 21.5 Å². The summed E-state index contributed by atoms with van der Waals surface area (Å²) in [5.74, 6) is 0.924. The van der Waals surface area contributed by atoms with Gasteiger partial charge in [-0.1, -0.05) is 20.8 Å². The molecule has 0 aliphatic carbocycles. The highest BCUT2D eigenvalue weighted by molar-refractivity contribution is 7.12. The van der Waals surface area contributed by atoms with E-state index in [9.17, 15) is 0 Å². The third kappa shape index (κ3) is 2.70. The molecule has 0 fully saturated rings. The minimum atomic E-state index is -0.0760. The van der Waals surface area contributed by atoms with Gasteiger partial charge in [-0.05, 0) is 44.0 Å². The SMILES string of the molecule is Cc1cc(C(C)n2c(Cl)nnc2C(C)(C)C)c(C)s1. The second-order valence-corrected chi connectivity index (χ2v) is 7.76. The van der Waals surface area contributed by atoms with Crippen molar-refractivity contribution >= 4 is 22.9 Å². The van der Waals surface area contributed by atoms with E-state index in [1.54, 1.807) is 0 Å². The first-order valence-electron chi connectivity index (χ1n) is 6.39. The third-order valence-corrected chi connectivity index (χ3v) is 4.48. The van der Waals surface area contributed by atoms with Crippen LogP contribution >= 0.6 is 22.9 Å². The van der Waals surface area contributed by atoms with Gasteiger partial charge in [0.05, 0.1) is 6.04 Å². The van der Waals surface area contributed by atoms with Crippen molar-refractivity contribution in [1.82, 2.24) is 14.8 Å². The van der Waals surface area contributed by atoms with Crippen LogP contribution in [-0.2, 0) is 5.41 Å². The van der Waals surface area contributed by atoms with Crippen LogP contribution < -0.4 is 0 Å². The van der Waals surface area contributed by atoms with Crippen molar-refractivity contribution in [2.45, 2.75) is 53.0 Å². The average molecular weight is 298 g/mol. The zero-order valence-electron chi connectivity index (χ0n) is 12.3. The van der Waals surface area contributed by atoms with Crippen molar-refractivity contribution < 1.29 is 0 Å². The number of aryl methyl sites for hydroxylation is 2. The molecule has 0 saturated carbocycles. The molecule has 19 heavy (non-hydrogen) atoms. The van der Waals surface area contributed by atoms with Crippen LogP contribution in [0.15, 0.2) is 6.07 Å². The van der Waals surface area contributed by atoms with Crippen molar-refractivity contribution in [1.29, 1.82) is 0 Å². The van der Waals surface area contributed by atoms with Gasteiger partial charge in [0, 0.05) is 15.2 Å². The van der Waals surface area contributed by atoms with Crippen LogP contribution in [-0.4, -0.2) is 14.8 Å². The maximum atomic E-state index is 6.25. The lowest BCUT2D eigenvalue weighted by Gasteiger charge is -2.23. The normalized spacial score (nSPS) is 13.8. The number of hydrogen-bond acceptors (Lipinski definition) is 3. The average Bonchev–Trinajstić information content (AvgIpc) is 2.80. The van der Waals surface area contributed by atoms with E-state index in [1.807, 2.05) is 15.9 Å². The van der Waals surface area contributed by atoms with Gasteiger partial charge in [0.1, 0.15) is 5.82 Å². The molecule has 104 valence electrons. The zero-order chi connectivity index (χ0) is 14.4. The van der Waals surface area contributed by atoms with Crippen LogP contribution in [0.4, 0.5) is 0 Å². The second-order valence-electron chi connectivity index (χ2n) is 5.96. The first kappa shape index (κ1) is 14.5. The summed E-state index contributed by atoms with van der Waals surface area (Å²) in [6.07, 6.45) is 0. The predicted molar refractivity (Wildman–Crippen MR) is 81.3 cm³/mol. The highest BCUT2D eigenvalue weighted by Crippen LogP contribution is 2.33. The van der Waals surface area contributed by atoms with E-state index in [-0.39, 0.29) is 11.5 Å². The van der Waals surface area contributed by atoms with Crippen molar-refractivity contribution in [3.05, 3.63) is 32.5 Å². The summed E-state index contributed by atoms with van der Waals surface area (Å²) in [6.45, 7) is 12.8. The zero-order valence-corrected chi connectivity index (χ0v) is 13.9. The van der Waals surface area contributed by atoms with Crippen LogP contribution in [0.25, 0.3) is 0 Å². The van der Waals surface area contributed by atoms with E-state index in [0.717, 1.165) is 5.82 Å². The summed E-state index contributed by atoms with van der Waals surface area (Å²) in [5, 5.41) is 8.76. The van der Waals surface area contributed by atoms with E-state index in [2.05, 4.69) is 57.8 Å². The molecule has 2 aromatic rings. The smallest absolute Gasteiger partial charge is 0.225 e. The molecular weight excluding hydrogens is 278 g/mol. The summed E-state index contributed by atoms with van der Waals surface area (Å²) >= 11 is 8.06. The van der Waals surface area contributed by atoms with Gasteiger partial charge < -0.3 is 0 Å². The van der Waals surface area contributed by atoms with Crippen LogP contribution in [0.3, 0.4) is 0 Å². The predicted octanol–water partition coefficient (Wildman–Crippen LogP) is 4.52. The highest BCUT2D eigenvalue weighted by Gasteiger charge is 2.27. The molecule has 0 saturated heterocycles. The Morgan fingerprint density at radius 3 is 2.37 bits per heavy atom. The molecule has 0 aliphatic rings. The maximum Gasteiger partial charge on any atom is 0.225 e. The molecule has 0 bridgehead atoms. The van der Waals surface area contributed by atoms with Gasteiger partial charge >= 0.3 is 0 Å². The number of rotatable bonds is 2. The van der Waals surface area contributed by atoms with Gasteiger partial charge in [0.15, 0.2) is 0 Å². The number of halogens is 1. The fourth-order valence-corrected chi connectivity index (χ4v) is 3.61. The van der Waals surface area contributed by atoms with Crippen molar-refractivity contribution in [2.24, 2.45) is 0 Å². The molecule has 2 rings (SSSR count). The Hall–Kier alpha value is -0.870. The van der Waals surface area contributed by atoms with E-state index in [1.165, 1.54) is 15.3 Å². The number of nitrogens with zero attached hydrogens (tertiary/aromatic N) is 3. The number of thiophene rings is 1. The molecule has 1 unspecified atom stereocenters. The first-order valence-corrected chi connectivity index (χ1v) is 7.59. The van der Waals surface area contributed by atoms with Crippen molar-refractivity contribution in [3.8, 4) is 0 Å². The molecule has 1 atom stereocenters. The van der Waals surface area contributed by atoms with Crippen LogP contribution in [0, 0.1) is 13.8 Å². The Morgan fingerprint density at radius 1 is 1.26 bits per heavy atom. The monoisotopic (exact) mass is 297 g/mol. The summed E-state index contributed by atoms with van der Waals surface area (Å²) in [5.41, 5.74) is 1.22. The number of aromatic nitrogens is 3. The molecule has 2 aromatic heterocycles. The van der Waals surface area contributed by atoms with Crippen LogP contribution in [0.5, 0.6) is 0 Å². The summed E-state index contributed by atoms with van der Waals surface area (Å²) in [4.78, 5) is 2.65. The molecule has 0 spiro atoms. The maximum absolute atomic E-state index is 6.25. The van der Waals surface area contributed by atoms with Crippen molar-refractivity contribution in [2.75, 3.05) is 0 Å². The molecule has 0 aromatic carbocycles. The van der Waals surface area contributed by atoms with E-state index in [4.69, 9.17) is 11.6 Å². The Bertz CT molecular complexity index is 592. The van der Waals surface area contributed by atoms with E-state index in [0.29, 0.717) is 5.28 Å².